The average molecular weight is 336 g/mol. The summed E-state index contributed by atoms with van der Waals surface area (Å²) < 4.78 is 32.2. The molecule has 0 saturated heterocycles. The molecule has 0 amide bonds. The maximum Gasteiger partial charge on any atom is 0.336 e. The average Bonchev–Trinajstić information content (AvgIpc) is 2.49. The van der Waals surface area contributed by atoms with Gasteiger partial charge in [0.1, 0.15) is 5.58 Å². The first-order valence-electron chi connectivity index (χ1n) is 6.27. The first-order valence-corrected chi connectivity index (χ1v) is 8.13. The molecule has 3 aromatic rings. The quantitative estimate of drug-likeness (QED) is 0.745. The molecule has 0 unspecified atom stereocenters. The van der Waals surface area contributed by atoms with Gasteiger partial charge in [-0.2, -0.15) is 0 Å². The topological polar surface area (TPSA) is 76.4 Å². The molecule has 0 atom stereocenters. The van der Waals surface area contributed by atoms with E-state index >= 15 is 0 Å². The summed E-state index contributed by atoms with van der Waals surface area (Å²) in [6.45, 7) is 0. The minimum atomic E-state index is -3.79. The van der Waals surface area contributed by atoms with E-state index in [9.17, 15) is 13.2 Å². The van der Waals surface area contributed by atoms with E-state index < -0.39 is 15.6 Å². The molecule has 7 heteroatoms. The second-order valence-electron chi connectivity index (χ2n) is 4.54. The van der Waals surface area contributed by atoms with Crippen LogP contribution in [-0.2, 0) is 10.0 Å². The van der Waals surface area contributed by atoms with Crippen molar-refractivity contribution in [3.8, 4) is 0 Å². The van der Waals surface area contributed by atoms with Crippen LogP contribution in [0.3, 0.4) is 0 Å². The van der Waals surface area contributed by atoms with Crippen LogP contribution in [-0.4, -0.2) is 8.42 Å². The Morgan fingerprint density at radius 3 is 2.55 bits per heavy atom. The molecular formula is C15H10ClNO4S. The number of benzene rings is 2. The van der Waals surface area contributed by atoms with E-state index in [-0.39, 0.29) is 4.90 Å². The Morgan fingerprint density at radius 1 is 1.00 bits per heavy atom. The van der Waals surface area contributed by atoms with Crippen LogP contribution in [0.1, 0.15) is 0 Å². The van der Waals surface area contributed by atoms with Gasteiger partial charge < -0.3 is 4.42 Å². The molecule has 0 aliphatic carbocycles. The van der Waals surface area contributed by atoms with Gasteiger partial charge in [-0.1, -0.05) is 23.7 Å². The highest BCUT2D eigenvalue weighted by Crippen LogP contribution is 2.25. The van der Waals surface area contributed by atoms with Crippen molar-refractivity contribution in [3.05, 3.63) is 70.0 Å². The van der Waals surface area contributed by atoms with E-state index in [0.717, 1.165) is 0 Å². The molecule has 5 nitrogen and oxygen atoms in total. The van der Waals surface area contributed by atoms with Crippen LogP contribution in [0.25, 0.3) is 11.0 Å². The van der Waals surface area contributed by atoms with Crippen molar-refractivity contribution in [2.75, 3.05) is 4.72 Å². The van der Waals surface area contributed by atoms with Crippen LogP contribution in [0, 0.1) is 0 Å². The Labute approximate surface area is 131 Å². The van der Waals surface area contributed by atoms with E-state index in [1.165, 1.54) is 30.3 Å². The Morgan fingerprint density at radius 2 is 1.77 bits per heavy atom. The van der Waals surface area contributed by atoms with Crippen LogP contribution in [0.2, 0.25) is 5.02 Å². The van der Waals surface area contributed by atoms with Crippen LogP contribution >= 0.6 is 11.6 Å². The van der Waals surface area contributed by atoms with Crippen LogP contribution in [0.4, 0.5) is 5.69 Å². The van der Waals surface area contributed by atoms with E-state index in [1.807, 2.05) is 0 Å². The van der Waals surface area contributed by atoms with Gasteiger partial charge >= 0.3 is 5.63 Å². The summed E-state index contributed by atoms with van der Waals surface area (Å²) in [5.74, 6) is 0. The fourth-order valence-corrected chi connectivity index (χ4v) is 3.32. The molecule has 112 valence electrons. The largest absolute Gasteiger partial charge is 0.423 e. The van der Waals surface area contributed by atoms with Gasteiger partial charge in [-0.3, -0.25) is 4.72 Å². The van der Waals surface area contributed by atoms with Crippen molar-refractivity contribution in [2.45, 2.75) is 4.90 Å². The first kappa shape index (κ1) is 14.6. The summed E-state index contributed by atoms with van der Waals surface area (Å²) in [7, 11) is -3.79. The van der Waals surface area contributed by atoms with Crippen molar-refractivity contribution < 1.29 is 12.8 Å². The predicted molar refractivity (Wildman–Crippen MR) is 84.7 cm³/mol. The van der Waals surface area contributed by atoms with Crippen LogP contribution < -0.4 is 10.3 Å². The zero-order chi connectivity index (χ0) is 15.7. The summed E-state index contributed by atoms with van der Waals surface area (Å²) in [5.41, 5.74) is 0.130. The summed E-state index contributed by atoms with van der Waals surface area (Å²) in [5, 5.41) is 0.819. The zero-order valence-corrected chi connectivity index (χ0v) is 12.7. The van der Waals surface area contributed by atoms with Crippen molar-refractivity contribution >= 4 is 38.3 Å². The van der Waals surface area contributed by atoms with E-state index in [1.54, 1.807) is 24.3 Å². The van der Waals surface area contributed by atoms with Crippen molar-refractivity contribution in [1.82, 2.24) is 0 Å². The number of hydrogen-bond acceptors (Lipinski definition) is 4. The maximum absolute atomic E-state index is 12.4. The summed E-state index contributed by atoms with van der Waals surface area (Å²) >= 11 is 5.95. The van der Waals surface area contributed by atoms with Crippen LogP contribution in [0.15, 0.2) is 68.7 Å². The van der Waals surface area contributed by atoms with Gasteiger partial charge in [-0.05, 0) is 36.4 Å². The number of para-hydroxylation sites is 1. The van der Waals surface area contributed by atoms with Gasteiger partial charge in [0.25, 0.3) is 10.0 Å². The van der Waals surface area contributed by atoms with Gasteiger partial charge in [0.05, 0.1) is 15.6 Å². The lowest BCUT2D eigenvalue weighted by atomic mass is 10.2. The molecule has 0 aliphatic rings. The van der Waals surface area contributed by atoms with Gasteiger partial charge in [0.2, 0.25) is 0 Å². The highest BCUT2D eigenvalue weighted by Gasteiger charge is 2.16. The number of hydrogen-bond donors (Lipinski definition) is 1. The number of rotatable bonds is 3. The molecule has 1 aromatic heterocycles. The fraction of sp³-hybridized carbons (Fsp3) is 0. The molecule has 3 rings (SSSR count). The molecular weight excluding hydrogens is 326 g/mol. The second kappa shape index (κ2) is 5.47. The summed E-state index contributed by atoms with van der Waals surface area (Å²) in [4.78, 5) is 11.2. The molecule has 0 aliphatic heterocycles. The van der Waals surface area contributed by atoms with E-state index in [0.29, 0.717) is 21.7 Å². The normalized spacial score (nSPS) is 11.5. The molecule has 0 fully saturated rings. The maximum atomic E-state index is 12.4. The molecule has 2 aromatic carbocycles. The smallest absolute Gasteiger partial charge is 0.336 e. The lowest BCUT2D eigenvalue weighted by molar-refractivity contribution is 0.560. The highest BCUT2D eigenvalue weighted by molar-refractivity contribution is 7.92. The van der Waals surface area contributed by atoms with Crippen molar-refractivity contribution in [1.29, 1.82) is 0 Å². The molecule has 0 spiro atoms. The lowest BCUT2D eigenvalue weighted by Gasteiger charge is -2.09. The summed E-state index contributed by atoms with van der Waals surface area (Å²) in [6.07, 6.45) is 0. The van der Waals surface area contributed by atoms with Gasteiger partial charge in [-0.15, -0.1) is 0 Å². The molecule has 22 heavy (non-hydrogen) atoms. The van der Waals surface area contributed by atoms with E-state index in [4.69, 9.17) is 16.0 Å². The second-order valence-corrected chi connectivity index (χ2v) is 6.63. The minimum absolute atomic E-state index is 0.0498. The Kier molecular flexibility index (Phi) is 3.64. The predicted octanol–water partition coefficient (Wildman–Crippen LogP) is 3.25. The van der Waals surface area contributed by atoms with Gasteiger partial charge in [0, 0.05) is 11.5 Å². The molecule has 0 saturated carbocycles. The SMILES string of the molecule is O=c1ccc2cc(S(=O)(=O)Nc3ccccc3Cl)ccc2o1. The highest BCUT2D eigenvalue weighted by atomic mass is 35.5. The first-order chi connectivity index (χ1) is 10.5. The lowest BCUT2D eigenvalue weighted by Crippen LogP contribution is -2.13. The fourth-order valence-electron chi connectivity index (χ4n) is 1.96. The Bertz CT molecular complexity index is 1010. The third-order valence-corrected chi connectivity index (χ3v) is 4.71. The Hall–Kier alpha value is -2.31. The zero-order valence-electron chi connectivity index (χ0n) is 11.1. The third-order valence-electron chi connectivity index (χ3n) is 3.02. The monoisotopic (exact) mass is 335 g/mol. The molecule has 1 N–H and O–H groups in total. The number of nitrogens with one attached hydrogen (secondary N) is 1. The number of halogens is 1. The molecule has 1 heterocycles. The standard InChI is InChI=1S/C15H10ClNO4S/c16-12-3-1-2-4-13(12)17-22(19,20)11-6-7-14-10(9-11)5-8-15(18)21-14/h1-9,17H. The minimum Gasteiger partial charge on any atom is -0.423 e. The number of sulfonamides is 1. The van der Waals surface area contributed by atoms with Gasteiger partial charge in [-0.25, -0.2) is 13.2 Å². The molecule has 0 bridgehead atoms. The number of anilines is 1. The third kappa shape index (κ3) is 2.84. The van der Waals surface area contributed by atoms with Crippen LogP contribution in [0.5, 0.6) is 0 Å². The molecule has 0 radical (unpaired) electrons. The van der Waals surface area contributed by atoms with E-state index in [2.05, 4.69) is 4.72 Å². The van der Waals surface area contributed by atoms with Crippen molar-refractivity contribution in [3.63, 3.8) is 0 Å². The van der Waals surface area contributed by atoms with Gasteiger partial charge in [0.15, 0.2) is 0 Å². The Balaban J connectivity index is 2.04. The summed E-state index contributed by atoms with van der Waals surface area (Å²) in [6, 6.07) is 13.5. The van der Waals surface area contributed by atoms with Crippen molar-refractivity contribution in [2.24, 2.45) is 0 Å². The number of fused-ring (bicyclic) bond motifs is 1.